The molecule has 0 fully saturated rings. The van der Waals surface area contributed by atoms with Gasteiger partial charge in [0.25, 0.3) is 0 Å². The van der Waals surface area contributed by atoms with E-state index in [2.05, 4.69) is 15.0 Å². The van der Waals surface area contributed by atoms with Crippen molar-refractivity contribution in [2.45, 2.75) is 6.10 Å². The molecule has 0 aliphatic carbocycles. The van der Waals surface area contributed by atoms with Crippen LogP contribution in [0.25, 0.3) is 10.9 Å². The van der Waals surface area contributed by atoms with Crippen LogP contribution in [0.5, 0.6) is 5.88 Å². The molecule has 3 aromatic rings. The summed E-state index contributed by atoms with van der Waals surface area (Å²) in [5.74, 6) is 0.301. The molecule has 1 aromatic carbocycles. The summed E-state index contributed by atoms with van der Waals surface area (Å²) < 4.78 is 5.11. The first-order valence-corrected chi connectivity index (χ1v) is 6.18. The van der Waals surface area contributed by atoms with E-state index < -0.39 is 6.10 Å². The van der Waals surface area contributed by atoms with Gasteiger partial charge in [-0.2, -0.15) is 0 Å². The molecular formula is C15H13N3O2. The van der Waals surface area contributed by atoms with Crippen LogP contribution in [0, 0.1) is 0 Å². The van der Waals surface area contributed by atoms with Gasteiger partial charge in [0.1, 0.15) is 11.8 Å². The van der Waals surface area contributed by atoms with Gasteiger partial charge >= 0.3 is 0 Å². The van der Waals surface area contributed by atoms with Gasteiger partial charge in [0, 0.05) is 17.8 Å². The van der Waals surface area contributed by atoms with Crippen molar-refractivity contribution in [2.24, 2.45) is 0 Å². The molecule has 0 radical (unpaired) electrons. The highest BCUT2D eigenvalue weighted by atomic mass is 16.5. The van der Waals surface area contributed by atoms with Crippen LogP contribution in [-0.2, 0) is 0 Å². The molecular weight excluding hydrogens is 254 g/mol. The first-order valence-electron chi connectivity index (χ1n) is 6.18. The minimum atomic E-state index is -0.969. The quantitative estimate of drug-likeness (QED) is 0.787. The van der Waals surface area contributed by atoms with Crippen molar-refractivity contribution in [3.63, 3.8) is 0 Å². The van der Waals surface area contributed by atoms with Crippen molar-refractivity contribution in [2.75, 3.05) is 7.11 Å². The van der Waals surface area contributed by atoms with E-state index in [-0.39, 0.29) is 0 Å². The van der Waals surface area contributed by atoms with Crippen molar-refractivity contribution < 1.29 is 9.84 Å². The van der Waals surface area contributed by atoms with Gasteiger partial charge in [-0.15, -0.1) is 0 Å². The minimum absolute atomic E-state index is 0.301. The Morgan fingerprint density at radius 2 is 1.85 bits per heavy atom. The van der Waals surface area contributed by atoms with E-state index in [4.69, 9.17) is 4.74 Å². The van der Waals surface area contributed by atoms with Gasteiger partial charge in [-0.25, -0.2) is 9.97 Å². The number of hydrogen-bond acceptors (Lipinski definition) is 5. The third-order valence-corrected chi connectivity index (χ3v) is 3.04. The van der Waals surface area contributed by atoms with Gasteiger partial charge in [0.05, 0.1) is 18.3 Å². The molecule has 0 aliphatic heterocycles. The van der Waals surface area contributed by atoms with Gasteiger partial charge in [0.2, 0.25) is 5.88 Å². The molecule has 1 atom stereocenters. The molecule has 0 saturated carbocycles. The summed E-state index contributed by atoms with van der Waals surface area (Å²) >= 11 is 0. The summed E-state index contributed by atoms with van der Waals surface area (Å²) in [5.41, 5.74) is 1.70. The van der Waals surface area contributed by atoms with E-state index in [0.29, 0.717) is 17.3 Å². The molecule has 3 rings (SSSR count). The standard InChI is InChI=1S/C15H13N3O2/c1-20-15-13(16-8-9-17-15)14(19)12-7-6-10-4-2-3-5-11(10)18-12/h2-9,14,19H,1H3. The molecule has 0 spiro atoms. The second-order valence-corrected chi connectivity index (χ2v) is 4.28. The first-order chi connectivity index (χ1) is 9.79. The van der Waals surface area contributed by atoms with Crippen molar-refractivity contribution in [3.05, 3.63) is 60.2 Å². The van der Waals surface area contributed by atoms with Crippen LogP contribution in [0.3, 0.4) is 0 Å². The largest absolute Gasteiger partial charge is 0.480 e. The summed E-state index contributed by atoms with van der Waals surface area (Å²) in [7, 11) is 1.49. The SMILES string of the molecule is COc1nccnc1C(O)c1ccc2ccccc2n1. The van der Waals surface area contributed by atoms with Crippen molar-refractivity contribution in [1.82, 2.24) is 15.0 Å². The second kappa shape index (κ2) is 5.22. The van der Waals surface area contributed by atoms with Gasteiger partial charge < -0.3 is 9.84 Å². The summed E-state index contributed by atoms with van der Waals surface area (Å²) in [5, 5.41) is 11.4. The lowest BCUT2D eigenvalue weighted by Gasteiger charge is -2.12. The number of pyridine rings is 1. The lowest BCUT2D eigenvalue weighted by Crippen LogP contribution is -2.07. The van der Waals surface area contributed by atoms with Crippen molar-refractivity contribution in [3.8, 4) is 5.88 Å². The lowest BCUT2D eigenvalue weighted by atomic mass is 10.1. The third kappa shape index (κ3) is 2.19. The molecule has 0 amide bonds. The molecule has 5 nitrogen and oxygen atoms in total. The van der Waals surface area contributed by atoms with E-state index >= 15 is 0 Å². The number of aliphatic hydroxyl groups is 1. The highest BCUT2D eigenvalue weighted by Gasteiger charge is 2.19. The van der Waals surface area contributed by atoms with Crippen LogP contribution in [0.2, 0.25) is 0 Å². The summed E-state index contributed by atoms with van der Waals surface area (Å²) in [4.78, 5) is 12.6. The smallest absolute Gasteiger partial charge is 0.238 e. The number of rotatable bonds is 3. The maximum atomic E-state index is 10.4. The number of hydrogen-bond donors (Lipinski definition) is 1. The van der Waals surface area contributed by atoms with Crippen molar-refractivity contribution >= 4 is 10.9 Å². The second-order valence-electron chi connectivity index (χ2n) is 4.28. The Morgan fingerprint density at radius 1 is 1.05 bits per heavy atom. The molecule has 1 N–H and O–H groups in total. The number of benzene rings is 1. The molecule has 100 valence electrons. The fourth-order valence-corrected chi connectivity index (χ4v) is 2.06. The average molecular weight is 267 g/mol. The Morgan fingerprint density at radius 3 is 2.70 bits per heavy atom. The molecule has 5 heteroatoms. The fraction of sp³-hybridized carbons (Fsp3) is 0.133. The maximum Gasteiger partial charge on any atom is 0.238 e. The van der Waals surface area contributed by atoms with Gasteiger partial charge in [0.15, 0.2) is 0 Å². The number of ether oxygens (including phenoxy) is 1. The molecule has 2 heterocycles. The zero-order valence-electron chi connectivity index (χ0n) is 10.9. The Kier molecular flexibility index (Phi) is 3.26. The van der Waals surface area contributed by atoms with Crippen LogP contribution >= 0.6 is 0 Å². The molecule has 1 unspecified atom stereocenters. The predicted molar refractivity (Wildman–Crippen MR) is 74.4 cm³/mol. The van der Waals surface area contributed by atoms with Gasteiger partial charge in [-0.3, -0.25) is 4.98 Å². The molecule has 20 heavy (non-hydrogen) atoms. The summed E-state index contributed by atoms with van der Waals surface area (Å²) in [6.07, 6.45) is 2.06. The van der Waals surface area contributed by atoms with E-state index in [1.165, 1.54) is 19.5 Å². The topological polar surface area (TPSA) is 68.1 Å². The van der Waals surface area contributed by atoms with E-state index in [1.807, 2.05) is 30.3 Å². The number of methoxy groups -OCH3 is 1. The normalized spacial score (nSPS) is 12.3. The Labute approximate surface area is 115 Å². The van der Waals surface area contributed by atoms with Crippen LogP contribution < -0.4 is 4.74 Å². The monoisotopic (exact) mass is 267 g/mol. The molecule has 0 aliphatic rings. The molecule has 0 saturated heterocycles. The van der Waals surface area contributed by atoms with Crippen LogP contribution in [0.4, 0.5) is 0 Å². The highest BCUT2D eigenvalue weighted by Crippen LogP contribution is 2.26. The molecule has 0 bridgehead atoms. The lowest BCUT2D eigenvalue weighted by molar-refractivity contribution is 0.203. The van der Waals surface area contributed by atoms with Crippen LogP contribution in [-0.4, -0.2) is 27.2 Å². The highest BCUT2D eigenvalue weighted by molar-refractivity contribution is 5.78. The minimum Gasteiger partial charge on any atom is -0.480 e. The maximum absolute atomic E-state index is 10.4. The van der Waals surface area contributed by atoms with Crippen molar-refractivity contribution in [1.29, 1.82) is 0 Å². The Balaban J connectivity index is 2.05. The Hall–Kier alpha value is -2.53. The van der Waals surface area contributed by atoms with E-state index in [0.717, 1.165) is 10.9 Å². The number of aliphatic hydroxyl groups excluding tert-OH is 1. The zero-order chi connectivity index (χ0) is 13.9. The number of aromatic nitrogens is 3. The zero-order valence-corrected chi connectivity index (χ0v) is 10.9. The van der Waals surface area contributed by atoms with Crippen LogP contribution in [0.15, 0.2) is 48.8 Å². The Bertz CT molecular complexity index is 746. The number of fused-ring (bicyclic) bond motifs is 1. The van der Waals surface area contributed by atoms with E-state index in [9.17, 15) is 5.11 Å². The average Bonchev–Trinajstić information content (AvgIpc) is 2.53. The summed E-state index contributed by atoms with van der Waals surface area (Å²) in [6, 6.07) is 11.4. The number of para-hydroxylation sites is 1. The first kappa shape index (κ1) is 12.5. The van der Waals surface area contributed by atoms with Crippen LogP contribution in [0.1, 0.15) is 17.5 Å². The number of nitrogens with zero attached hydrogens (tertiary/aromatic N) is 3. The third-order valence-electron chi connectivity index (χ3n) is 3.04. The van der Waals surface area contributed by atoms with Gasteiger partial charge in [-0.05, 0) is 12.1 Å². The summed E-state index contributed by atoms with van der Waals surface area (Å²) in [6.45, 7) is 0. The van der Waals surface area contributed by atoms with E-state index in [1.54, 1.807) is 6.07 Å². The fourth-order valence-electron chi connectivity index (χ4n) is 2.06. The predicted octanol–water partition coefficient (Wildman–Crippen LogP) is 2.12. The molecule has 2 aromatic heterocycles. The van der Waals surface area contributed by atoms with Gasteiger partial charge in [-0.1, -0.05) is 24.3 Å².